The Labute approximate surface area is 149 Å². The summed E-state index contributed by atoms with van der Waals surface area (Å²) in [6.07, 6.45) is 0.651. The number of rotatable bonds is 3. The minimum Gasteiger partial charge on any atom is -0.478 e. The zero-order valence-electron chi connectivity index (χ0n) is 13.3. The molecule has 120 valence electrons. The van der Waals surface area contributed by atoms with Gasteiger partial charge in [-0.3, -0.25) is 0 Å². The van der Waals surface area contributed by atoms with Gasteiger partial charge in [0.2, 0.25) is 0 Å². The molecular weight excluding hydrogens is 328 g/mol. The molecule has 3 aromatic carbocycles. The molecule has 0 aliphatic heterocycles. The molecule has 0 saturated carbocycles. The van der Waals surface area contributed by atoms with Gasteiger partial charge in [0.25, 0.3) is 0 Å². The summed E-state index contributed by atoms with van der Waals surface area (Å²) in [6, 6.07) is 22.4. The first-order valence-corrected chi connectivity index (χ1v) is 9.00. The van der Waals surface area contributed by atoms with Crippen LogP contribution in [0, 0.1) is 0 Å². The van der Waals surface area contributed by atoms with Crippen molar-refractivity contribution in [2.45, 2.75) is 6.42 Å². The zero-order chi connectivity index (χ0) is 17.0. The standard InChI is InChI=1S/C22H14O2S/c23-22(24)16-8-2-1-5-14(16)11-15-12-19-17-9-3-6-13-7-4-10-18(20(13)17)21(19)25-15/h1-10,12H,11H2,(H,23,24). The Balaban J connectivity index is 1.62. The Kier molecular flexibility index (Phi) is 3.06. The quantitative estimate of drug-likeness (QED) is 0.447. The van der Waals surface area contributed by atoms with Gasteiger partial charge in [-0.1, -0.05) is 54.6 Å². The summed E-state index contributed by atoms with van der Waals surface area (Å²) in [5.41, 5.74) is 5.11. The fraction of sp³-hybridized carbons (Fsp3) is 0.0455. The number of hydrogen-bond donors (Lipinski definition) is 1. The Bertz CT molecular complexity index is 1100. The van der Waals surface area contributed by atoms with Gasteiger partial charge in [-0.2, -0.15) is 0 Å². The predicted octanol–water partition coefficient (Wildman–Crippen LogP) is 5.84. The number of benzene rings is 3. The van der Waals surface area contributed by atoms with Gasteiger partial charge in [-0.25, -0.2) is 4.79 Å². The van der Waals surface area contributed by atoms with Gasteiger partial charge in [0.1, 0.15) is 0 Å². The smallest absolute Gasteiger partial charge is 0.335 e. The van der Waals surface area contributed by atoms with Crippen molar-refractivity contribution in [2.24, 2.45) is 0 Å². The fourth-order valence-corrected chi connectivity index (χ4v) is 4.98. The van der Waals surface area contributed by atoms with E-state index < -0.39 is 5.97 Å². The minimum atomic E-state index is -0.866. The molecule has 1 heterocycles. The topological polar surface area (TPSA) is 37.3 Å². The van der Waals surface area contributed by atoms with Crippen LogP contribution in [0.15, 0.2) is 66.7 Å². The zero-order valence-corrected chi connectivity index (χ0v) is 14.1. The molecule has 5 rings (SSSR count). The molecule has 0 amide bonds. The molecule has 0 atom stereocenters. The van der Waals surface area contributed by atoms with Crippen LogP contribution in [0.4, 0.5) is 0 Å². The summed E-state index contributed by atoms with van der Waals surface area (Å²) in [7, 11) is 0. The lowest BCUT2D eigenvalue weighted by Gasteiger charge is -2.05. The summed E-state index contributed by atoms with van der Waals surface area (Å²) in [6.45, 7) is 0. The van der Waals surface area contributed by atoms with Crippen molar-refractivity contribution in [1.82, 2.24) is 0 Å². The highest BCUT2D eigenvalue weighted by Gasteiger charge is 2.24. The van der Waals surface area contributed by atoms with E-state index in [0.717, 1.165) is 5.56 Å². The van der Waals surface area contributed by atoms with E-state index in [0.29, 0.717) is 12.0 Å². The van der Waals surface area contributed by atoms with Gasteiger partial charge in [-0.05, 0) is 34.0 Å². The first-order valence-electron chi connectivity index (χ1n) is 8.19. The molecule has 0 fully saturated rings. The van der Waals surface area contributed by atoms with Crippen LogP contribution < -0.4 is 0 Å². The van der Waals surface area contributed by atoms with E-state index in [1.807, 2.05) is 12.1 Å². The largest absolute Gasteiger partial charge is 0.478 e. The van der Waals surface area contributed by atoms with Crippen molar-refractivity contribution < 1.29 is 9.90 Å². The molecule has 0 saturated heterocycles. The average molecular weight is 342 g/mol. The molecule has 1 aromatic heterocycles. The van der Waals surface area contributed by atoms with Crippen LogP contribution in [0.2, 0.25) is 0 Å². The summed E-state index contributed by atoms with van der Waals surface area (Å²) in [5, 5.41) is 12.0. The average Bonchev–Trinajstić information content (AvgIpc) is 3.16. The highest BCUT2D eigenvalue weighted by molar-refractivity contribution is 7.16. The van der Waals surface area contributed by atoms with E-state index in [9.17, 15) is 9.90 Å². The molecule has 2 nitrogen and oxygen atoms in total. The Morgan fingerprint density at radius 2 is 1.64 bits per heavy atom. The lowest BCUT2D eigenvalue weighted by Crippen LogP contribution is -2.01. The van der Waals surface area contributed by atoms with Crippen molar-refractivity contribution in [2.75, 3.05) is 0 Å². The van der Waals surface area contributed by atoms with E-state index in [4.69, 9.17) is 0 Å². The van der Waals surface area contributed by atoms with Crippen molar-refractivity contribution >= 4 is 28.1 Å². The number of carboxylic acids is 1. The molecule has 0 unspecified atom stereocenters. The van der Waals surface area contributed by atoms with E-state index in [1.54, 1.807) is 23.5 Å². The van der Waals surface area contributed by atoms with E-state index in [1.165, 1.54) is 37.2 Å². The van der Waals surface area contributed by atoms with Crippen LogP contribution in [0.25, 0.3) is 32.3 Å². The van der Waals surface area contributed by atoms with Crippen LogP contribution in [-0.2, 0) is 6.42 Å². The molecule has 0 spiro atoms. The lowest BCUT2D eigenvalue weighted by atomic mass is 10.0. The van der Waals surface area contributed by atoms with Crippen LogP contribution >= 0.6 is 11.3 Å². The maximum atomic E-state index is 11.4. The van der Waals surface area contributed by atoms with E-state index >= 15 is 0 Å². The Morgan fingerprint density at radius 1 is 0.880 bits per heavy atom. The normalized spacial score (nSPS) is 11.7. The second-order valence-electron chi connectivity index (χ2n) is 6.30. The number of carboxylic acid groups (broad SMARTS) is 1. The third kappa shape index (κ3) is 2.13. The number of hydrogen-bond acceptors (Lipinski definition) is 2. The van der Waals surface area contributed by atoms with Gasteiger partial charge >= 0.3 is 5.97 Å². The van der Waals surface area contributed by atoms with Gasteiger partial charge in [0.15, 0.2) is 0 Å². The second kappa shape index (κ2) is 5.30. The number of fused-ring (bicyclic) bond motifs is 3. The van der Waals surface area contributed by atoms with Gasteiger partial charge in [-0.15, -0.1) is 11.3 Å². The molecule has 4 aromatic rings. The molecule has 1 aliphatic rings. The predicted molar refractivity (Wildman–Crippen MR) is 102 cm³/mol. The molecule has 0 bridgehead atoms. The molecular formula is C22H14O2S. The van der Waals surface area contributed by atoms with Crippen LogP contribution in [0.3, 0.4) is 0 Å². The highest BCUT2D eigenvalue weighted by Crippen LogP contribution is 2.51. The Hall–Kier alpha value is -2.91. The summed E-state index contributed by atoms with van der Waals surface area (Å²) in [4.78, 5) is 13.9. The number of thiophene rings is 1. The summed E-state index contributed by atoms with van der Waals surface area (Å²) >= 11 is 1.77. The van der Waals surface area contributed by atoms with Crippen molar-refractivity contribution in [3.05, 3.63) is 82.7 Å². The molecule has 25 heavy (non-hydrogen) atoms. The maximum Gasteiger partial charge on any atom is 0.335 e. The molecule has 1 aliphatic carbocycles. The number of aromatic carboxylic acids is 1. The highest BCUT2D eigenvalue weighted by atomic mass is 32.1. The van der Waals surface area contributed by atoms with Crippen LogP contribution in [-0.4, -0.2) is 11.1 Å². The first kappa shape index (κ1) is 14.4. The summed E-state index contributed by atoms with van der Waals surface area (Å²) in [5.74, 6) is -0.866. The number of carbonyl (C=O) groups is 1. The monoisotopic (exact) mass is 342 g/mol. The summed E-state index contributed by atoms with van der Waals surface area (Å²) < 4.78 is 0. The maximum absolute atomic E-state index is 11.4. The second-order valence-corrected chi connectivity index (χ2v) is 7.44. The van der Waals surface area contributed by atoms with Crippen LogP contribution in [0.1, 0.15) is 20.8 Å². The fourth-order valence-electron chi connectivity index (χ4n) is 3.75. The molecule has 3 heteroatoms. The minimum absolute atomic E-state index is 0.388. The molecule has 1 N–H and O–H groups in total. The lowest BCUT2D eigenvalue weighted by molar-refractivity contribution is 0.0696. The first-order chi connectivity index (χ1) is 12.2. The van der Waals surface area contributed by atoms with Gasteiger partial charge < -0.3 is 5.11 Å². The van der Waals surface area contributed by atoms with Gasteiger partial charge in [0.05, 0.1) is 5.56 Å². The third-order valence-electron chi connectivity index (χ3n) is 4.84. The SMILES string of the molecule is O=C(O)c1ccccc1Cc1cc2c(s1)-c1cccc3cccc-2c13. The van der Waals surface area contributed by atoms with Crippen molar-refractivity contribution in [1.29, 1.82) is 0 Å². The molecule has 0 radical (unpaired) electrons. The van der Waals surface area contributed by atoms with Crippen LogP contribution in [0.5, 0.6) is 0 Å². The van der Waals surface area contributed by atoms with Gasteiger partial charge in [0, 0.05) is 27.3 Å². The van der Waals surface area contributed by atoms with E-state index in [-0.39, 0.29) is 0 Å². The van der Waals surface area contributed by atoms with Crippen molar-refractivity contribution in [3.8, 4) is 21.6 Å². The van der Waals surface area contributed by atoms with Crippen molar-refractivity contribution in [3.63, 3.8) is 0 Å². The Morgan fingerprint density at radius 3 is 2.44 bits per heavy atom. The third-order valence-corrected chi connectivity index (χ3v) is 6.00. The van der Waals surface area contributed by atoms with E-state index in [2.05, 4.69) is 42.5 Å².